The number of rotatable bonds is 6. The van der Waals surface area contributed by atoms with E-state index in [9.17, 15) is 9.59 Å². The van der Waals surface area contributed by atoms with Crippen molar-refractivity contribution < 1.29 is 9.59 Å². The van der Waals surface area contributed by atoms with Crippen molar-refractivity contribution in [2.24, 2.45) is 5.92 Å². The topological polar surface area (TPSA) is 74.3 Å². The van der Waals surface area contributed by atoms with E-state index in [1.165, 1.54) is 12.0 Å². The monoisotopic (exact) mass is 462 g/mol. The molecule has 2 amide bonds. The van der Waals surface area contributed by atoms with Crippen molar-refractivity contribution in [2.45, 2.75) is 83.3 Å². The van der Waals surface area contributed by atoms with Gasteiger partial charge in [-0.15, -0.1) is 0 Å². The minimum Gasteiger partial charge on any atom is -0.351 e. The molecule has 0 radical (unpaired) electrons. The third kappa shape index (κ3) is 5.33. The average Bonchev–Trinajstić information content (AvgIpc) is 2.82. The summed E-state index contributed by atoms with van der Waals surface area (Å²) in [5, 5.41) is 6.53. The highest BCUT2D eigenvalue weighted by Crippen LogP contribution is 2.33. The third-order valence-electron chi connectivity index (χ3n) is 7.20. The summed E-state index contributed by atoms with van der Waals surface area (Å²) in [5.41, 5.74) is 2.63. The molecule has 4 rings (SSSR count). The first kappa shape index (κ1) is 24.4. The maximum Gasteiger partial charge on any atom is 0.248 e. The van der Waals surface area contributed by atoms with Gasteiger partial charge in [-0.1, -0.05) is 65.2 Å². The zero-order valence-corrected chi connectivity index (χ0v) is 20.9. The molecule has 6 heteroatoms. The van der Waals surface area contributed by atoms with Gasteiger partial charge >= 0.3 is 0 Å². The van der Waals surface area contributed by atoms with Gasteiger partial charge in [0.2, 0.25) is 11.8 Å². The van der Waals surface area contributed by atoms with Crippen LogP contribution in [-0.2, 0) is 15.0 Å². The molecule has 6 nitrogen and oxygen atoms in total. The molecule has 2 fully saturated rings. The zero-order valence-electron chi connectivity index (χ0n) is 20.9. The molecule has 2 aromatic rings. The largest absolute Gasteiger partial charge is 0.351 e. The second-order valence-corrected chi connectivity index (χ2v) is 10.9. The maximum absolute atomic E-state index is 13.9. The summed E-state index contributed by atoms with van der Waals surface area (Å²) in [6.07, 6.45) is 8.84. The highest BCUT2D eigenvalue weighted by molar-refractivity contribution is 6.04. The summed E-state index contributed by atoms with van der Waals surface area (Å²) < 4.78 is 0. The van der Waals surface area contributed by atoms with Gasteiger partial charge in [0.15, 0.2) is 0 Å². The van der Waals surface area contributed by atoms with E-state index in [-0.39, 0.29) is 35.2 Å². The standard InChI is InChI=1S/C28H38N4O2/c1-19-17-30-24(19)27(34)32(23-14-12-21(13-15-23)28(2,3)4)25(20-9-8-16-29-18-20)26(33)31-22-10-6-5-7-11-22/h8-9,12-16,18-19,22,24-25,30H,5-7,10-11,17H2,1-4H3,(H,31,33)/t19-,24?,25?/m1/s1. The molecule has 0 bridgehead atoms. The lowest BCUT2D eigenvalue weighted by atomic mass is 9.86. The van der Waals surface area contributed by atoms with Crippen LogP contribution >= 0.6 is 0 Å². The molecule has 1 aromatic heterocycles. The number of hydrogen-bond acceptors (Lipinski definition) is 4. The van der Waals surface area contributed by atoms with Gasteiger partial charge in [0, 0.05) is 36.2 Å². The Balaban J connectivity index is 1.74. The normalized spacial score (nSPS) is 21.9. The lowest BCUT2D eigenvalue weighted by molar-refractivity contribution is -0.129. The van der Waals surface area contributed by atoms with Gasteiger partial charge in [-0.25, -0.2) is 0 Å². The molecule has 1 aliphatic carbocycles. The van der Waals surface area contributed by atoms with Crippen LogP contribution in [0, 0.1) is 5.92 Å². The second-order valence-electron chi connectivity index (χ2n) is 10.9. The maximum atomic E-state index is 13.9. The van der Waals surface area contributed by atoms with E-state index in [1.807, 2.05) is 24.3 Å². The SMILES string of the molecule is C[C@@H]1CNC1C(=O)N(c1ccc(C(C)(C)C)cc1)C(C(=O)NC1CCCCC1)c1cccnc1. The van der Waals surface area contributed by atoms with Gasteiger partial charge < -0.3 is 10.6 Å². The Labute approximate surface area is 203 Å². The molecule has 2 N–H and O–H groups in total. The van der Waals surface area contributed by atoms with Crippen LogP contribution in [-0.4, -0.2) is 35.4 Å². The summed E-state index contributed by atoms with van der Waals surface area (Å²) in [6.45, 7) is 9.38. The summed E-state index contributed by atoms with van der Waals surface area (Å²) >= 11 is 0. The summed E-state index contributed by atoms with van der Waals surface area (Å²) in [7, 11) is 0. The molecule has 3 atom stereocenters. The molecule has 2 unspecified atom stereocenters. The molecular formula is C28H38N4O2. The number of benzene rings is 1. The number of nitrogens with one attached hydrogen (secondary N) is 2. The van der Waals surface area contributed by atoms with E-state index in [2.05, 4.69) is 55.4 Å². The number of carbonyl (C=O) groups is 2. The summed E-state index contributed by atoms with van der Waals surface area (Å²) in [6, 6.07) is 10.9. The van der Waals surface area contributed by atoms with Crippen LogP contribution in [0.15, 0.2) is 48.8 Å². The van der Waals surface area contributed by atoms with Gasteiger partial charge in [0.05, 0.1) is 6.04 Å². The molecule has 1 aromatic carbocycles. The van der Waals surface area contributed by atoms with E-state index in [4.69, 9.17) is 0 Å². The smallest absolute Gasteiger partial charge is 0.248 e. The van der Waals surface area contributed by atoms with Crippen molar-refractivity contribution in [3.63, 3.8) is 0 Å². The fourth-order valence-electron chi connectivity index (χ4n) is 4.96. The van der Waals surface area contributed by atoms with Gasteiger partial charge in [-0.05, 0) is 47.9 Å². The first-order valence-electron chi connectivity index (χ1n) is 12.6. The Morgan fingerprint density at radius 2 is 1.79 bits per heavy atom. The molecule has 0 spiro atoms. The van der Waals surface area contributed by atoms with Crippen LogP contribution in [0.5, 0.6) is 0 Å². The van der Waals surface area contributed by atoms with Crippen molar-refractivity contribution in [1.29, 1.82) is 0 Å². The lowest BCUT2D eigenvalue weighted by Crippen LogP contribution is -2.62. The Morgan fingerprint density at radius 3 is 2.32 bits per heavy atom. The van der Waals surface area contributed by atoms with Gasteiger partial charge in [0.1, 0.15) is 6.04 Å². The summed E-state index contributed by atoms with van der Waals surface area (Å²) in [4.78, 5) is 33.7. The van der Waals surface area contributed by atoms with Crippen LogP contribution in [0.1, 0.15) is 77.0 Å². The molecule has 182 valence electrons. The van der Waals surface area contributed by atoms with Crippen molar-refractivity contribution in [3.05, 3.63) is 59.9 Å². The van der Waals surface area contributed by atoms with Crippen molar-refractivity contribution in [3.8, 4) is 0 Å². The zero-order chi connectivity index (χ0) is 24.3. The quantitative estimate of drug-likeness (QED) is 0.662. The van der Waals surface area contributed by atoms with E-state index in [1.54, 1.807) is 17.3 Å². The number of pyridine rings is 1. The second kappa shape index (κ2) is 10.3. The molecule has 1 saturated heterocycles. The van der Waals surface area contributed by atoms with Gasteiger partial charge in [-0.2, -0.15) is 0 Å². The fourth-order valence-corrected chi connectivity index (χ4v) is 4.96. The average molecular weight is 463 g/mol. The predicted molar refractivity (Wildman–Crippen MR) is 136 cm³/mol. The minimum atomic E-state index is -0.779. The first-order valence-corrected chi connectivity index (χ1v) is 12.6. The van der Waals surface area contributed by atoms with Crippen molar-refractivity contribution in [1.82, 2.24) is 15.6 Å². The molecule has 2 aliphatic rings. The number of hydrogen-bond donors (Lipinski definition) is 2. The number of amides is 2. The minimum absolute atomic E-state index is 0.00147. The third-order valence-corrected chi connectivity index (χ3v) is 7.20. The van der Waals surface area contributed by atoms with E-state index >= 15 is 0 Å². The number of aromatic nitrogens is 1. The van der Waals surface area contributed by atoms with Crippen LogP contribution in [0.25, 0.3) is 0 Å². The number of anilines is 1. The molecule has 34 heavy (non-hydrogen) atoms. The summed E-state index contributed by atoms with van der Waals surface area (Å²) in [5.74, 6) is 0.00910. The van der Waals surface area contributed by atoms with Crippen LogP contribution in [0.2, 0.25) is 0 Å². The molecular weight excluding hydrogens is 424 g/mol. The lowest BCUT2D eigenvalue weighted by Gasteiger charge is -2.41. The molecule has 1 aliphatic heterocycles. The molecule has 2 heterocycles. The Hall–Kier alpha value is -2.73. The Bertz CT molecular complexity index is 978. The van der Waals surface area contributed by atoms with Gasteiger partial charge in [-0.3, -0.25) is 19.5 Å². The van der Waals surface area contributed by atoms with Crippen molar-refractivity contribution >= 4 is 17.5 Å². The van der Waals surface area contributed by atoms with Crippen LogP contribution in [0.4, 0.5) is 5.69 Å². The Morgan fingerprint density at radius 1 is 1.09 bits per heavy atom. The van der Waals surface area contributed by atoms with Gasteiger partial charge in [0.25, 0.3) is 0 Å². The van der Waals surface area contributed by atoms with E-state index in [0.717, 1.165) is 43.5 Å². The highest BCUT2D eigenvalue weighted by atomic mass is 16.2. The highest BCUT2D eigenvalue weighted by Gasteiger charge is 2.41. The Kier molecular flexibility index (Phi) is 7.36. The first-order chi connectivity index (χ1) is 16.3. The number of carbonyl (C=O) groups excluding carboxylic acids is 2. The van der Waals surface area contributed by atoms with Crippen LogP contribution < -0.4 is 15.5 Å². The van der Waals surface area contributed by atoms with E-state index in [0.29, 0.717) is 0 Å². The number of nitrogens with zero attached hydrogens (tertiary/aromatic N) is 2. The van der Waals surface area contributed by atoms with Crippen molar-refractivity contribution in [2.75, 3.05) is 11.4 Å². The molecule has 1 saturated carbocycles. The van der Waals surface area contributed by atoms with E-state index < -0.39 is 6.04 Å². The fraction of sp³-hybridized carbons (Fsp3) is 0.536. The predicted octanol–water partition coefficient (Wildman–Crippen LogP) is 4.51. The van der Waals surface area contributed by atoms with Crippen LogP contribution in [0.3, 0.4) is 0 Å².